The summed E-state index contributed by atoms with van der Waals surface area (Å²) in [6.45, 7) is 5.77. The number of nitrogens with two attached hydrogens (primary N) is 1. The summed E-state index contributed by atoms with van der Waals surface area (Å²) in [6, 6.07) is 14.5. The molecular formula is C20H25N3O2. The lowest BCUT2D eigenvalue weighted by Crippen LogP contribution is -2.50. The lowest BCUT2D eigenvalue weighted by molar-refractivity contribution is -0.134. The number of amides is 1. The standard InChI is InChI=1S/C20H25N3O2/c1-15-5-7-17(8-6-15)19(21)20(25)23-11-9-22(10-12-23)14-16-3-2-4-18(24)13-16/h2-8,13,19,24H,9-12,14,21H2,1H3. The number of benzene rings is 2. The van der Waals surface area contributed by atoms with Crippen molar-refractivity contribution in [2.75, 3.05) is 26.2 Å². The molecule has 1 amide bonds. The molecule has 1 heterocycles. The number of aryl methyl sites for hydroxylation is 1. The van der Waals surface area contributed by atoms with Crippen molar-refractivity contribution < 1.29 is 9.90 Å². The van der Waals surface area contributed by atoms with Gasteiger partial charge in [-0.25, -0.2) is 0 Å². The van der Waals surface area contributed by atoms with Crippen LogP contribution < -0.4 is 5.73 Å². The molecule has 1 atom stereocenters. The van der Waals surface area contributed by atoms with Crippen molar-refractivity contribution in [1.29, 1.82) is 0 Å². The molecule has 0 radical (unpaired) electrons. The minimum Gasteiger partial charge on any atom is -0.508 e. The van der Waals surface area contributed by atoms with Gasteiger partial charge in [0.25, 0.3) is 0 Å². The van der Waals surface area contributed by atoms with Gasteiger partial charge in [0.05, 0.1) is 0 Å². The van der Waals surface area contributed by atoms with Crippen molar-refractivity contribution in [3.05, 3.63) is 65.2 Å². The van der Waals surface area contributed by atoms with Gasteiger partial charge in [-0.3, -0.25) is 9.69 Å². The molecule has 1 saturated heterocycles. The fourth-order valence-electron chi connectivity index (χ4n) is 3.15. The van der Waals surface area contributed by atoms with Crippen LogP contribution in [0.4, 0.5) is 0 Å². The molecule has 1 aliphatic rings. The molecule has 0 saturated carbocycles. The normalized spacial score (nSPS) is 16.6. The second-order valence-electron chi connectivity index (χ2n) is 6.66. The van der Waals surface area contributed by atoms with E-state index in [-0.39, 0.29) is 11.7 Å². The SMILES string of the molecule is Cc1ccc(C(N)C(=O)N2CCN(Cc3cccc(O)c3)CC2)cc1. The molecule has 2 aromatic rings. The molecule has 1 unspecified atom stereocenters. The Kier molecular flexibility index (Phi) is 5.36. The van der Waals surface area contributed by atoms with Crippen LogP contribution in [-0.2, 0) is 11.3 Å². The molecule has 5 nitrogen and oxygen atoms in total. The molecule has 3 rings (SSSR count). The Balaban J connectivity index is 1.54. The minimum atomic E-state index is -0.599. The molecular weight excluding hydrogens is 314 g/mol. The predicted molar refractivity (Wildman–Crippen MR) is 98.1 cm³/mol. The lowest BCUT2D eigenvalue weighted by Gasteiger charge is -2.36. The fraction of sp³-hybridized carbons (Fsp3) is 0.350. The Morgan fingerprint density at radius 2 is 1.80 bits per heavy atom. The van der Waals surface area contributed by atoms with Gasteiger partial charge in [-0.1, -0.05) is 42.0 Å². The Labute approximate surface area is 148 Å². The monoisotopic (exact) mass is 339 g/mol. The summed E-state index contributed by atoms with van der Waals surface area (Å²) >= 11 is 0. The highest BCUT2D eigenvalue weighted by atomic mass is 16.3. The number of hydrogen-bond acceptors (Lipinski definition) is 4. The maximum absolute atomic E-state index is 12.6. The Morgan fingerprint density at radius 1 is 1.12 bits per heavy atom. The van der Waals surface area contributed by atoms with Crippen LogP contribution in [0.2, 0.25) is 0 Å². The molecule has 0 bridgehead atoms. The topological polar surface area (TPSA) is 69.8 Å². The zero-order valence-corrected chi connectivity index (χ0v) is 14.6. The maximum Gasteiger partial charge on any atom is 0.244 e. The number of carbonyl (C=O) groups is 1. The predicted octanol–water partition coefficient (Wildman–Crippen LogP) is 2.04. The van der Waals surface area contributed by atoms with Crippen LogP contribution in [0.3, 0.4) is 0 Å². The van der Waals surface area contributed by atoms with E-state index < -0.39 is 6.04 Å². The third kappa shape index (κ3) is 4.38. The van der Waals surface area contributed by atoms with E-state index in [0.29, 0.717) is 13.1 Å². The summed E-state index contributed by atoms with van der Waals surface area (Å²) in [5.74, 6) is 0.274. The first-order chi connectivity index (χ1) is 12.0. The number of phenols is 1. The molecule has 3 N–H and O–H groups in total. The Bertz CT molecular complexity index is 722. The summed E-state index contributed by atoms with van der Waals surface area (Å²) in [6.07, 6.45) is 0. The average molecular weight is 339 g/mol. The van der Waals surface area contributed by atoms with Gasteiger partial charge < -0.3 is 15.7 Å². The molecule has 5 heteroatoms. The van der Waals surface area contributed by atoms with Gasteiger partial charge in [0.2, 0.25) is 5.91 Å². The summed E-state index contributed by atoms with van der Waals surface area (Å²) in [7, 11) is 0. The van der Waals surface area contributed by atoms with Crippen LogP contribution in [0.15, 0.2) is 48.5 Å². The number of carbonyl (C=O) groups excluding carboxylic acids is 1. The second kappa shape index (κ2) is 7.68. The molecule has 1 fully saturated rings. The highest BCUT2D eigenvalue weighted by Crippen LogP contribution is 2.17. The zero-order chi connectivity index (χ0) is 17.8. The molecule has 2 aromatic carbocycles. The number of rotatable bonds is 4. The van der Waals surface area contributed by atoms with Crippen molar-refractivity contribution in [2.24, 2.45) is 5.73 Å². The highest BCUT2D eigenvalue weighted by molar-refractivity contribution is 5.83. The average Bonchev–Trinajstić information content (AvgIpc) is 2.62. The number of nitrogens with zero attached hydrogens (tertiary/aromatic N) is 2. The molecule has 0 spiro atoms. The fourth-order valence-corrected chi connectivity index (χ4v) is 3.15. The van der Waals surface area contributed by atoms with E-state index in [4.69, 9.17) is 5.73 Å². The van der Waals surface area contributed by atoms with Gasteiger partial charge in [0.1, 0.15) is 11.8 Å². The molecule has 1 aliphatic heterocycles. The first-order valence-electron chi connectivity index (χ1n) is 8.64. The van der Waals surface area contributed by atoms with E-state index >= 15 is 0 Å². The molecule has 25 heavy (non-hydrogen) atoms. The third-order valence-electron chi connectivity index (χ3n) is 4.70. The summed E-state index contributed by atoms with van der Waals surface area (Å²) in [5, 5.41) is 9.56. The maximum atomic E-state index is 12.6. The summed E-state index contributed by atoms with van der Waals surface area (Å²) in [4.78, 5) is 16.8. The minimum absolute atomic E-state index is 0.0131. The second-order valence-corrected chi connectivity index (χ2v) is 6.66. The van der Waals surface area contributed by atoms with Crippen LogP contribution in [0.25, 0.3) is 0 Å². The van der Waals surface area contributed by atoms with Gasteiger partial charge >= 0.3 is 0 Å². The zero-order valence-electron chi connectivity index (χ0n) is 14.6. The highest BCUT2D eigenvalue weighted by Gasteiger charge is 2.26. The van der Waals surface area contributed by atoms with E-state index in [0.717, 1.165) is 36.3 Å². The van der Waals surface area contributed by atoms with E-state index in [1.54, 1.807) is 12.1 Å². The smallest absolute Gasteiger partial charge is 0.244 e. The lowest BCUT2D eigenvalue weighted by atomic mass is 10.0. The van der Waals surface area contributed by atoms with Crippen molar-refractivity contribution in [1.82, 2.24) is 9.80 Å². The number of phenolic OH excluding ortho intramolecular Hbond substituents is 1. The van der Waals surface area contributed by atoms with E-state index in [2.05, 4.69) is 4.90 Å². The van der Waals surface area contributed by atoms with Crippen LogP contribution in [-0.4, -0.2) is 47.0 Å². The van der Waals surface area contributed by atoms with Crippen LogP contribution in [0, 0.1) is 6.92 Å². The van der Waals surface area contributed by atoms with Crippen molar-refractivity contribution in [3.63, 3.8) is 0 Å². The van der Waals surface area contributed by atoms with Crippen molar-refractivity contribution in [3.8, 4) is 5.75 Å². The molecule has 0 aliphatic carbocycles. The molecule has 0 aromatic heterocycles. The number of piperazine rings is 1. The third-order valence-corrected chi connectivity index (χ3v) is 4.70. The van der Waals surface area contributed by atoms with Gasteiger partial charge in [0.15, 0.2) is 0 Å². The first kappa shape index (κ1) is 17.5. The van der Waals surface area contributed by atoms with E-state index in [9.17, 15) is 9.90 Å². The van der Waals surface area contributed by atoms with Crippen molar-refractivity contribution in [2.45, 2.75) is 19.5 Å². The van der Waals surface area contributed by atoms with Crippen molar-refractivity contribution >= 4 is 5.91 Å². The number of hydrogen-bond donors (Lipinski definition) is 2. The molecule has 132 valence electrons. The van der Waals surface area contributed by atoms with E-state index in [1.807, 2.05) is 48.2 Å². The van der Waals surface area contributed by atoms with E-state index in [1.165, 1.54) is 0 Å². The van der Waals surface area contributed by atoms with Gasteiger partial charge in [-0.05, 0) is 30.2 Å². The summed E-state index contributed by atoms with van der Waals surface area (Å²) < 4.78 is 0. The first-order valence-corrected chi connectivity index (χ1v) is 8.64. The van der Waals surface area contributed by atoms with Gasteiger partial charge in [0, 0.05) is 32.7 Å². The quantitative estimate of drug-likeness (QED) is 0.894. The van der Waals surface area contributed by atoms with Gasteiger partial charge in [-0.2, -0.15) is 0 Å². The number of aromatic hydroxyl groups is 1. The van der Waals surface area contributed by atoms with Crippen LogP contribution in [0.5, 0.6) is 5.75 Å². The van der Waals surface area contributed by atoms with Crippen LogP contribution in [0.1, 0.15) is 22.7 Å². The Hall–Kier alpha value is -2.37. The summed E-state index contributed by atoms with van der Waals surface area (Å²) in [5.41, 5.74) is 9.26. The van der Waals surface area contributed by atoms with Crippen LogP contribution >= 0.6 is 0 Å². The van der Waals surface area contributed by atoms with Gasteiger partial charge in [-0.15, -0.1) is 0 Å². The Morgan fingerprint density at radius 3 is 2.44 bits per heavy atom. The largest absolute Gasteiger partial charge is 0.508 e.